The minimum atomic E-state index is -3.84. The highest BCUT2D eigenvalue weighted by molar-refractivity contribution is 7.90. The van der Waals surface area contributed by atoms with Gasteiger partial charge in [-0.1, -0.05) is 39.0 Å². The lowest BCUT2D eigenvalue weighted by Crippen LogP contribution is -2.58. The Bertz CT molecular complexity index is 1090. The summed E-state index contributed by atoms with van der Waals surface area (Å²) < 4.78 is 27.3. The predicted octanol–water partition coefficient (Wildman–Crippen LogP) is 4.90. The van der Waals surface area contributed by atoms with Crippen molar-refractivity contribution >= 4 is 15.9 Å². The monoisotopic (exact) mass is 531 g/mol. The van der Waals surface area contributed by atoms with Crippen molar-refractivity contribution in [2.75, 3.05) is 0 Å². The second-order valence-electron chi connectivity index (χ2n) is 13.3. The average molecular weight is 532 g/mol. The first-order chi connectivity index (χ1) is 17.5. The maximum absolute atomic E-state index is 12.6. The van der Waals surface area contributed by atoms with Gasteiger partial charge in [-0.15, -0.1) is 0 Å². The van der Waals surface area contributed by atoms with Gasteiger partial charge in [0.25, 0.3) is 10.0 Å². The molecular formula is C30H45NO5S. The summed E-state index contributed by atoms with van der Waals surface area (Å²) in [7, 11) is -3.84. The Balaban J connectivity index is 1.23. The number of nitrogens with one attached hydrogen (secondary N) is 1. The fourth-order valence-corrected chi connectivity index (χ4v) is 10.6. The second kappa shape index (κ2) is 9.95. The highest BCUT2D eigenvalue weighted by atomic mass is 32.2. The van der Waals surface area contributed by atoms with Crippen molar-refractivity contribution < 1.29 is 23.4 Å². The lowest BCUT2D eigenvalue weighted by atomic mass is 9.43. The number of rotatable bonds is 6. The zero-order chi connectivity index (χ0) is 26.6. The van der Waals surface area contributed by atoms with Crippen molar-refractivity contribution in [3.05, 3.63) is 30.3 Å². The Kier molecular flexibility index (Phi) is 7.29. The Morgan fingerprint density at radius 2 is 1.68 bits per heavy atom. The van der Waals surface area contributed by atoms with E-state index >= 15 is 0 Å². The minimum Gasteiger partial charge on any atom is -0.393 e. The topological polar surface area (TPSA) is 104 Å². The molecule has 0 spiro atoms. The third kappa shape index (κ3) is 4.78. The molecule has 3 N–H and O–H groups in total. The highest BCUT2D eigenvalue weighted by Gasteiger charge is 2.62. The van der Waals surface area contributed by atoms with Gasteiger partial charge in [-0.05, 0) is 116 Å². The molecule has 4 aliphatic rings. The standard InChI is InChI=1S/C30H45NO5S/c1-19(9-12-27(34)31-37(35,36)22-7-5-4-6-8-22)23-10-11-24-28-25(14-16-30(23,24)3)29(2)15-13-21(32)17-20(29)18-26(28)33/h4-8,19-21,23-26,28,32-33H,9-18H2,1-3H3,(H,31,34)/t19-,20+,21-,23-,24+,25?,26-,28+,29+,30-/m1/s1. The molecule has 10 atom stereocenters. The summed E-state index contributed by atoms with van der Waals surface area (Å²) in [6, 6.07) is 8.02. The van der Waals surface area contributed by atoms with Gasteiger partial charge in [-0.3, -0.25) is 4.79 Å². The van der Waals surface area contributed by atoms with Crippen LogP contribution in [0.15, 0.2) is 35.2 Å². The second-order valence-corrected chi connectivity index (χ2v) is 15.0. The van der Waals surface area contributed by atoms with E-state index in [2.05, 4.69) is 25.5 Å². The summed E-state index contributed by atoms with van der Waals surface area (Å²) >= 11 is 0. The summed E-state index contributed by atoms with van der Waals surface area (Å²) in [5.74, 6) is 2.10. The molecule has 37 heavy (non-hydrogen) atoms. The Labute approximate surface area is 222 Å². The van der Waals surface area contributed by atoms with Crippen LogP contribution in [0.1, 0.15) is 85.0 Å². The summed E-state index contributed by atoms with van der Waals surface area (Å²) in [6.07, 6.45) is 8.48. The predicted molar refractivity (Wildman–Crippen MR) is 143 cm³/mol. The molecule has 4 fully saturated rings. The third-order valence-electron chi connectivity index (χ3n) is 11.5. The van der Waals surface area contributed by atoms with Crippen LogP contribution in [0.3, 0.4) is 0 Å². The highest BCUT2D eigenvalue weighted by Crippen LogP contribution is 2.68. The van der Waals surface area contributed by atoms with Crippen molar-refractivity contribution in [3.8, 4) is 0 Å². The quantitative estimate of drug-likeness (QED) is 0.485. The molecule has 6 nitrogen and oxygen atoms in total. The van der Waals surface area contributed by atoms with E-state index in [0.29, 0.717) is 41.9 Å². The van der Waals surface area contributed by atoms with Gasteiger partial charge < -0.3 is 10.2 Å². The van der Waals surface area contributed by atoms with Crippen LogP contribution >= 0.6 is 0 Å². The van der Waals surface area contributed by atoms with E-state index in [4.69, 9.17) is 0 Å². The maximum Gasteiger partial charge on any atom is 0.264 e. The van der Waals surface area contributed by atoms with E-state index in [0.717, 1.165) is 51.4 Å². The van der Waals surface area contributed by atoms with Crippen LogP contribution < -0.4 is 4.72 Å². The fraction of sp³-hybridized carbons (Fsp3) is 0.767. The van der Waals surface area contributed by atoms with Gasteiger partial charge in [0.05, 0.1) is 17.1 Å². The summed E-state index contributed by atoms with van der Waals surface area (Å²) in [5.41, 5.74) is 0.363. The van der Waals surface area contributed by atoms with Gasteiger partial charge in [-0.25, -0.2) is 13.1 Å². The molecule has 0 aromatic heterocycles. The molecule has 0 bridgehead atoms. The number of aliphatic hydroxyl groups excluding tert-OH is 2. The van der Waals surface area contributed by atoms with E-state index in [1.807, 2.05) is 0 Å². The molecule has 1 amide bonds. The van der Waals surface area contributed by atoms with Crippen LogP contribution in [0.5, 0.6) is 0 Å². The first-order valence-electron chi connectivity index (χ1n) is 14.4. The molecule has 4 saturated carbocycles. The lowest BCUT2D eigenvalue weighted by Gasteiger charge is -2.62. The van der Waals surface area contributed by atoms with Gasteiger partial charge in [0.1, 0.15) is 0 Å². The molecule has 1 unspecified atom stereocenters. The smallest absolute Gasteiger partial charge is 0.264 e. The molecule has 0 saturated heterocycles. The zero-order valence-corrected chi connectivity index (χ0v) is 23.4. The van der Waals surface area contributed by atoms with Crippen LogP contribution in [0.4, 0.5) is 0 Å². The number of amides is 1. The normalized spacial score (nSPS) is 42.2. The number of aliphatic hydroxyl groups is 2. The molecule has 7 heteroatoms. The Morgan fingerprint density at radius 1 is 1.00 bits per heavy atom. The van der Waals surface area contributed by atoms with Crippen LogP contribution in [0.2, 0.25) is 0 Å². The maximum atomic E-state index is 12.6. The number of hydrogen-bond donors (Lipinski definition) is 3. The number of benzene rings is 1. The average Bonchev–Trinajstić information content (AvgIpc) is 3.21. The lowest BCUT2D eigenvalue weighted by molar-refractivity contribution is -0.174. The van der Waals surface area contributed by atoms with E-state index < -0.39 is 15.9 Å². The van der Waals surface area contributed by atoms with Gasteiger partial charge in [0.15, 0.2) is 0 Å². The number of hydrogen-bond acceptors (Lipinski definition) is 5. The van der Waals surface area contributed by atoms with Crippen molar-refractivity contribution in [1.82, 2.24) is 4.72 Å². The van der Waals surface area contributed by atoms with Gasteiger partial charge >= 0.3 is 0 Å². The molecule has 0 aliphatic heterocycles. The molecule has 1 aromatic carbocycles. The van der Waals surface area contributed by atoms with Gasteiger partial charge in [0.2, 0.25) is 5.91 Å². The molecule has 1 aromatic rings. The summed E-state index contributed by atoms with van der Waals surface area (Å²) in [6.45, 7) is 7.08. The number of sulfonamides is 1. The van der Waals surface area contributed by atoms with Crippen molar-refractivity contribution in [2.45, 2.75) is 102 Å². The van der Waals surface area contributed by atoms with Crippen LogP contribution in [-0.2, 0) is 14.8 Å². The molecule has 5 rings (SSSR count). The first kappa shape index (κ1) is 27.1. The first-order valence-corrected chi connectivity index (χ1v) is 15.9. The van der Waals surface area contributed by atoms with Crippen LogP contribution in [0.25, 0.3) is 0 Å². The van der Waals surface area contributed by atoms with E-state index in [9.17, 15) is 23.4 Å². The third-order valence-corrected chi connectivity index (χ3v) is 12.9. The van der Waals surface area contributed by atoms with Crippen molar-refractivity contribution in [1.29, 1.82) is 0 Å². The summed E-state index contributed by atoms with van der Waals surface area (Å²) in [4.78, 5) is 12.7. The number of carbonyl (C=O) groups excluding carboxylic acids is 1. The SMILES string of the molecule is C[C@H](CCC(=O)NS(=O)(=O)c1ccccc1)[C@H]1CC[C@H]2[C@H]3C(CC[C@]12C)[C@@]1(C)CC[C@@H](O)C[C@H]1C[C@H]3O. The van der Waals surface area contributed by atoms with E-state index in [1.54, 1.807) is 18.2 Å². The zero-order valence-electron chi connectivity index (χ0n) is 22.6. The van der Waals surface area contributed by atoms with Gasteiger partial charge in [0, 0.05) is 6.42 Å². The molecule has 4 aliphatic carbocycles. The van der Waals surface area contributed by atoms with Crippen molar-refractivity contribution in [2.24, 2.45) is 46.3 Å². The molecular weight excluding hydrogens is 486 g/mol. The molecule has 206 valence electrons. The minimum absolute atomic E-state index is 0.105. The van der Waals surface area contributed by atoms with Crippen LogP contribution in [0, 0.1) is 46.3 Å². The molecule has 0 radical (unpaired) electrons. The van der Waals surface area contributed by atoms with Gasteiger partial charge in [-0.2, -0.15) is 0 Å². The Hall–Kier alpha value is -1.44. The molecule has 0 heterocycles. The van der Waals surface area contributed by atoms with Crippen molar-refractivity contribution in [3.63, 3.8) is 0 Å². The largest absolute Gasteiger partial charge is 0.393 e. The van der Waals surface area contributed by atoms with E-state index in [1.165, 1.54) is 12.1 Å². The fourth-order valence-electron chi connectivity index (χ4n) is 9.59. The number of carbonyl (C=O) groups is 1. The summed E-state index contributed by atoms with van der Waals surface area (Å²) in [5, 5.41) is 21.7. The Morgan fingerprint density at radius 3 is 2.41 bits per heavy atom. The number of fused-ring (bicyclic) bond motifs is 5. The van der Waals surface area contributed by atoms with Crippen LogP contribution in [-0.4, -0.2) is 36.7 Å². The van der Waals surface area contributed by atoms with E-state index in [-0.39, 0.29) is 34.4 Å².